The first-order valence-electron chi connectivity index (χ1n) is 1.88. The quantitative estimate of drug-likeness (QED) is 0.335. The Bertz CT molecular complexity index is 149. The van der Waals surface area contributed by atoms with E-state index in [1.54, 1.807) is 13.1 Å². The minimum Gasteiger partial charge on any atom is -0.233 e. The molecule has 0 saturated heterocycles. The van der Waals surface area contributed by atoms with E-state index in [-0.39, 0.29) is 0 Å². The topological polar surface area (TPSA) is 48.5 Å². The van der Waals surface area contributed by atoms with Crippen molar-refractivity contribution in [2.24, 2.45) is 9.98 Å². The SMILES string of the molecule is CC(Br)=NC=NC#N. The van der Waals surface area contributed by atoms with Crippen molar-refractivity contribution in [2.45, 2.75) is 6.92 Å². The molecule has 8 heavy (non-hydrogen) atoms. The van der Waals surface area contributed by atoms with Gasteiger partial charge in [-0.25, -0.2) is 4.99 Å². The number of nitriles is 1. The van der Waals surface area contributed by atoms with E-state index in [0.29, 0.717) is 4.62 Å². The number of hydrogen-bond acceptors (Lipinski definition) is 2. The van der Waals surface area contributed by atoms with Gasteiger partial charge < -0.3 is 0 Å². The fraction of sp³-hybridized carbons (Fsp3) is 0.250. The summed E-state index contributed by atoms with van der Waals surface area (Å²) in [5, 5.41) is 7.85. The van der Waals surface area contributed by atoms with Crippen molar-refractivity contribution in [1.82, 2.24) is 0 Å². The van der Waals surface area contributed by atoms with Crippen LogP contribution in [-0.2, 0) is 0 Å². The average molecular weight is 174 g/mol. The molecule has 3 nitrogen and oxygen atoms in total. The Labute approximate surface area is 55.9 Å². The van der Waals surface area contributed by atoms with Crippen LogP contribution >= 0.6 is 15.9 Å². The number of halogens is 1. The molecule has 0 aromatic rings. The van der Waals surface area contributed by atoms with E-state index in [9.17, 15) is 0 Å². The normalized spacial score (nSPS) is 11.9. The molecule has 0 aromatic carbocycles. The predicted molar refractivity (Wildman–Crippen MR) is 36.1 cm³/mol. The molecule has 0 bridgehead atoms. The highest BCUT2D eigenvalue weighted by Crippen LogP contribution is 1.83. The highest BCUT2D eigenvalue weighted by atomic mass is 79.9. The molecule has 0 N–H and O–H groups in total. The van der Waals surface area contributed by atoms with Crippen LogP contribution in [0.4, 0.5) is 0 Å². The monoisotopic (exact) mass is 173 g/mol. The van der Waals surface area contributed by atoms with Gasteiger partial charge >= 0.3 is 0 Å². The lowest BCUT2D eigenvalue weighted by Gasteiger charge is -1.74. The summed E-state index contributed by atoms with van der Waals surface area (Å²) in [5.74, 6) is 0. The zero-order valence-corrected chi connectivity index (χ0v) is 5.88. The Kier molecular flexibility index (Phi) is 4.08. The second-order valence-electron chi connectivity index (χ2n) is 0.971. The smallest absolute Gasteiger partial charge is 0.207 e. The molecule has 0 radical (unpaired) electrons. The van der Waals surface area contributed by atoms with E-state index in [4.69, 9.17) is 5.26 Å². The Morgan fingerprint density at radius 1 is 1.88 bits per heavy atom. The summed E-state index contributed by atoms with van der Waals surface area (Å²) in [6.45, 7) is 1.75. The molecule has 0 unspecified atom stereocenters. The zero-order chi connectivity index (χ0) is 6.41. The highest BCUT2D eigenvalue weighted by molar-refractivity contribution is 9.18. The van der Waals surface area contributed by atoms with Crippen LogP contribution in [0.2, 0.25) is 0 Å². The second kappa shape index (κ2) is 4.47. The molecule has 42 valence electrons. The average Bonchev–Trinajstić information content (AvgIpc) is 1.66. The minimum absolute atomic E-state index is 0.705. The Balaban J connectivity index is 3.63. The van der Waals surface area contributed by atoms with E-state index in [0.717, 1.165) is 0 Å². The van der Waals surface area contributed by atoms with Crippen molar-refractivity contribution >= 4 is 26.9 Å². The molecule has 4 heteroatoms. The van der Waals surface area contributed by atoms with Crippen molar-refractivity contribution in [3.05, 3.63) is 0 Å². The molecular formula is C4H4BrN3. The van der Waals surface area contributed by atoms with Crippen LogP contribution < -0.4 is 0 Å². The Hall–Kier alpha value is -0.690. The maximum atomic E-state index is 7.85. The maximum Gasteiger partial charge on any atom is 0.207 e. The first kappa shape index (κ1) is 7.31. The summed E-state index contributed by atoms with van der Waals surface area (Å²) in [7, 11) is 0. The first-order chi connectivity index (χ1) is 3.77. The zero-order valence-electron chi connectivity index (χ0n) is 4.30. The van der Waals surface area contributed by atoms with Crippen molar-refractivity contribution in [3.8, 4) is 6.19 Å². The van der Waals surface area contributed by atoms with Crippen molar-refractivity contribution in [1.29, 1.82) is 5.26 Å². The van der Waals surface area contributed by atoms with Gasteiger partial charge in [-0.2, -0.15) is 10.3 Å². The van der Waals surface area contributed by atoms with Gasteiger partial charge in [0.15, 0.2) is 0 Å². The molecule has 0 saturated carbocycles. The van der Waals surface area contributed by atoms with Crippen LogP contribution in [0.15, 0.2) is 9.98 Å². The maximum absolute atomic E-state index is 7.85. The molecule has 0 aliphatic heterocycles. The van der Waals surface area contributed by atoms with Crippen LogP contribution in [0, 0.1) is 11.5 Å². The predicted octanol–water partition coefficient (Wildman–Crippen LogP) is 1.31. The van der Waals surface area contributed by atoms with Crippen LogP contribution in [0.5, 0.6) is 0 Å². The minimum atomic E-state index is 0.705. The van der Waals surface area contributed by atoms with Crippen molar-refractivity contribution < 1.29 is 0 Å². The Morgan fingerprint density at radius 3 is 2.88 bits per heavy atom. The van der Waals surface area contributed by atoms with Crippen molar-refractivity contribution in [3.63, 3.8) is 0 Å². The molecule has 0 atom stereocenters. The van der Waals surface area contributed by atoms with Crippen molar-refractivity contribution in [2.75, 3.05) is 0 Å². The van der Waals surface area contributed by atoms with Gasteiger partial charge in [0, 0.05) is 0 Å². The fourth-order valence-corrected chi connectivity index (χ4v) is 0.226. The van der Waals surface area contributed by atoms with E-state index in [1.165, 1.54) is 6.34 Å². The lowest BCUT2D eigenvalue weighted by atomic mass is 10.9. The lowest BCUT2D eigenvalue weighted by molar-refractivity contribution is 1.44. The molecule has 0 heterocycles. The molecule has 0 aliphatic rings. The van der Waals surface area contributed by atoms with E-state index in [1.807, 2.05) is 0 Å². The van der Waals surface area contributed by atoms with Gasteiger partial charge in [-0.05, 0) is 22.9 Å². The second-order valence-corrected chi connectivity index (χ2v) is 2.12. The van der Waals surface area contributed by atoms with Gasteiger partial charge in [-0.15, -0.1) is 0 Å². The van der Waals surface area contributed by atoms with E-state index < -0.39 is 0 Å². The van der Waals surface area contributed by atoms with Crippen LogP contribution in [0.25, 0.3) is 0 Å². The number of hydrogen-bond donors (Lipinski definition) is 0. The molecule has 0 spiro atoms. The summed E-state index contributed by atoms with van der Waals surface area (Å²) in [6, 6.07) is 0. The van der Waals surface area contributed by atoms with Gasteiger partial charge in [-0.3, -0.25) is 0 Å². The van der Waals surface area contributed by atoms with Gasteiger partial charge in [0.25, 0.3) is 0 Å². The largest absolute Gasteiger partial charge is 0.233 e. The molecule has 0 fully saturated rings. The molecular weight excluding hydrogens is 170 g/mol. The van der Waals surface area contributed by atoms with E-state index >= 15 is 0 Å². The van der Waals surface area contributed by atoms with Gasteiger partial charge in [-0.1, -0.05) is 0 Å². The molecule has 0 aromatic heterocycles. The van der Waals surface area contributed by atoms with Crippen LogP contribution in [0.1, 0.15) is 6.92 Å². The summed E-state index contributed by atoms with van der Waals surface area (Å²) < 4.78 is 0.705. The molecule has 0 amide bonds. The standard InChI is InChI=1S/C4H4BrN3/c1-4(5)8-3-7-2-6/h3H,1H3. The summed E-state index contributed by atoms with van der Waals surface area (Å²) in [5.41, 5.74) is 0. The number of nitrogens with zero attached hydrogens (tertiary/aromatic N) is 3. The van der Waals surface area contributed by atoms with Crippen LogP contribution in [-0.4, -0.2) is 11.0 Å². The first-order valence-corrected chi connectivity index (χ1v) is 2.67. The lowest BCUT2D eigenvalue weighted by Crippen LogP contribution is -1.72. The fourth-order valence-electron chi connectivity index (χ4n) is 0.134. The van der Waals surface area contributed by atoms with Crippen LogP contribution in [0.3, 0.4) is 0 Å². The van der Waals surface area contributed by atoms with E-state index in [2.05, 4.69) is 25.9 Å². The third-order valence-corrected chi connectivity index (χ3v) is 0.556. The number of aliphatic imine (C=N–C) groups is 2. The number of rotatable bonds is 1. The van der Waals surface area contributed by atoms with Gasteiger partial charge in [0.2, 0.25) is 6.19 Å². The molecule has 0 aliphatic carbocycles. The molecule has 0 rings (SSSR count). The van der Waals surface area contributed by atoms with Gasteiger partial charge in [0.1, 0.15) is 6.34 Å². The summed E-state index contributed by atoms with van der Waals surface area (Å²) >= 11 is 3.05. The van der Waals surface area contributed by atoms with Gasteiger partial charge in [0.05, 0.1) is 4.62 Å². The third-order valence-electron chi connectivity index (χ3n) is 0.351. The highest BCUT2D eigenvalue weighted by Gasteiger charge is 1.71. The Morgan fingerprint density at radius 2 is 2.50 bits per heavy atom. The summed E-state index contributed by atoms with van der Waals surface area (Å²) in [4.78, 5) is 6.81. The third kappa shape index (κ3) is 5.31. The summed E-state index contributed by atoms with van der Waals surface area (Å²) in [6.07, 6.45) is 2.75.